The summed E-state index contributed by atoms with van der Waals surface area (Å²) >= 11 is 0. The number of rotatable bonds is 8. The van der Waals surface area contributed by atoms with Gasteiger partial charge in [0.1, 0.15) is 5.82 Å². The van der Waals surface area contributed by atoms with Gasteiger partial charge >= 0.3 is 0 Å². The molecule has 42 heavy (non-hydrogen) atoms. The Bertz CT molecular complexity index is 1350. The van der Waals surface area contributed by atoms with Gasteiger partial charge in [0, 0.05) is 51.9 Å². The normalized spacial score (nSPS) is 23.0. The van der Waals surface area contributed by atoms with Gasteiger partial charge in [0.25, 0.3) is 0 Å². The van der Waals surface area contributed by atoms with Crippen LogP contribution in [0, 0.1) is 34.9 Å². The number of nitrogens with zero attached hydrogens (tertiary/aromatic N) is 5. The first-order valence-corrected chi connectivity index (χ1v) is 15.3. The first-order valence-electron chi connectivity index (χ1n) is 15.3. The van der Waals surface area contributed by atoms with Gasteiger partial charge in [0.2, 0.25) is 5.91 Å². The third-order valence-corrected chi connectivity index (χ3v) is 9.89. The Morgan fingerprint density at radius 3 is 2.48 bits per heavy atom. The summed E-state index contributed by atoms with van der Waals surface area (Å²) in [5.41, 5.74) is 4.07. The van der Waals surface area contributed by atoms with Gasteiger partial charge in [-0.3, -0.25) is 9.69 Å². The molecule has 1 aliphatic heterocycles. The van der Waals surface area contributed by atoms with E-state index in [9.17, 15) is 9.18 Å². The summed E-state index contributed by atoms with van der Waals surface area (Å²) in [5.74, 6) is 2.26. The Morgan fingerprint density at radius 1 is 0.976 bits per heavy atom. The van der Waals surface area contributed by atoms with E-state index < -0.39 is 0 Å². The largest absolute Gasteiger partial charge is 0.340 e. The van der Waals surface area contributed by atoms with Crippen LogP contribution in [0.5, 0.6) is 0 Å². The maximum atomic E-state index is 13.8. The molecule has 0 N–H and O–H groups in total. The van der Waals surface area contributed by atoms with Crippen LogP contribution in [0.4, 0.5) is 4.39 Å². The third kappa shape index (κ3) is 6.93. The van der Waals surface area contributed by atoms with Crippen molar-refractivity contribution in [3.8, 4) is 6.07 Å². The van der Waals surface area contributed by atoms with E-state index in [2.05, 4.69) is 20.5 Å². The molecular formula is C35H44FN5O. The second kappa shape index (κ2) is 13.6. The fraction of sp³-hybridized carbons (Fsp3) is 0.514. The lowest BCUT2D eigenvalue weighted by Crippen LogP contribution is -2.49. The Hall–Kier alpha value is -3.50. The molecule has 0 radical (unpaired) electrons. The Labute approximate surface area is 250 Å². The molecule has 3 aromatic rings. The quantitative estimate of drug-likeness (QED) is 0.306. The highest BCUT2D eigenvalue weighted by atomic mass is 19.1. The molecule has 1 aromatic heterocycles. The average molecular weight is 570 g/mol. The molecule has 2 heterocycles. The van der Waals surface area contributed by atoms with Gasteiger partial charge in [-0.15, -0.1) is 0 Å². The molecule has 1 saturated heterocycles. The number of nitriles is 1. The molecule has 0 spiro atoms. The van der Waals surface area contributed by atoms with Crippen LogP contribution in [-0.2, 0) is 17.9 Å². The van der Waals surface area contributed by atoms with E-state index in [0.29, 0.717) is 30.4 Å². The van der Waals surface area contributed by atoms with Crippen LogP contribution < -0.4 is 0 Å². The van der Waals surface area contributed by atoms with E-state index >= 15 is 0 Å². The zero-order valence-corrected chi connectivity index (χ0v) is 23.8. The highest BCUT2D eigenvalue weighted by Crippen LogP contribution is 2.49. The monoisotopic (exact) mass is 569 g/mol. The van der Waals surface area contributed by atoms with E-state index in [4.69, 9.17) is 5.26 Å². The lowest BCUT2D eigenvalue weighted by atomic mass is 9.61. The van der Waals surface area contributed by atoms with E-state index in [0.717, 1.165) is 55.5 Å². The lowest BCUT2D eigenvalue weighted by Gasteiger charge is -2.44. The van der Waals surface area contributed by atoms with Crippen molar-refractivity contribution in [2.75, 3.05) is 26.2 Å². The van der Waals surface area contributed by atoms with Gasteiger partial charge in [-0.25, -0.2) is 9.37 Å². The summed E-state index contributed by atoms with van der Waals surface area (Å²) < 4.78 is 15.9. The third-order valence-electron chi connectivity index (χ3n) is 9.89. The van der Waals surface area contributed by atoms with Crippen molar-refractivity contribution in [2.24, 2.45) is 17.8 Å². The molecule has 4 atom stereocenters. The van der Waals surface area contributed by atoms with Crippen LogP contribution >= 0.6 is 0 Å². The lowest BCUT2D eigenvalue weighted by molar-refractivity contribution is -0.134. The van der Waals surface area contributed by atoms with Crippen LogP contribution in [0.15, 0.2) is 61.1 Å². The smallest absolute Gasteiger partial charge is 0.223 e. The Morgan fingerprint density at radius 2 is 1.74 bits per heavy atom. The standard InChI is InChI=1S/C34H40FN5O.CH4/c35-30-11-9-28(10-12-30)33(32-13-8-25-2-1-3-29(32)18-25)19-34(41)39-16-14-38(15-17-39)23-31-21-37-24-40(31)22-27-6-4-26(20-36)5-7-27;/h4-7,9-12,21,24-25,29,32-33H,1-3,8,13-19,22-23H2;1H4. The topological polar surface area (TPSA) is 65.2 Å². The van der Waals surface area contributed by atoms with Crippen molar-refractivity contribution in [1.29, 1.82) is 5.26 Å². The molecule has 6 nitrogen and oxygen atoms in total. The molecule has 4 unspecified atom stereocenters. The number of amides is 1. The number of halogens is 1. The Kier molecular flexibility index (Phi) is 9.74. The van der Waals surface area contributed by atoms with E-state index in [1.54, 1.807) is 12.1 Å². The predicted molar refractivity (Wildman–Crippen MR) is 163 cm³/mol. The van der Waals surface area contributed by atoms with Gasteiger partial charge in [-0.05, 0) is 71.9 Å². The van der Waals surface area contributed by atoms with Crippen LogP contribution in [-0.4, -0.2) is 51.4 Å². The van der Waals surface area contributed by atoms with Crippen LogP contribution in [0.2, 0.25) is 0 Å². The average Bonchev–Trinajstić information content (AvgIpc) is 3.43. The number of hydrogen-bond acceptors (Lipinski definition) is 4. The van der Waals surface area contributed by atoms with Crippen molar-refractivity contribution >= 4 is 5.91 Å². The van der Waals surface area contributed by atoms with Gasteiger partial charge in [0.15, 0.2) is 0 Å². The number of hydrogen-bond donors (Lipinski definition) is 0. The SMILES string of the molecule is C.N#Cc1ccc(Cn2cncc2CN2CCN(C(=O)CC(c3ccc(F)cc3)C3CCC4CCCC3C4)CC2)cc1. The number of imidazole rings is 1. The van der Waals surface area contributed by atoms with E-state index in [-0.39, 0.29) is 25.1 Å². The van der Waals surface area contributed by atoms with E-state index in [1.807, 2.05) is 53.8 Å². The number of aromatic nitrogens is 2. The van der Waals surface area contributed by atoms with Gasteiger partial charge < -0.3 is 9.47 Å². The molecule has 3 fully saturated rings. The van der Waals surface area contributed by atoms with Crippen molar-refractivity contribution < 1.29 is 9.18 Å². The zero-order valence-electron chi connectivity index (χ0n) is 23.8. The predicted octanol–water partition coefficient (Wildman–Crippen LogP) is 6.61. The fourth-order valence-electron chi connectivity index (χ4n) is 7.61. The number of carbonyl (C=O) groups is 1. The molecule has 1 amide bonds. The van der Waals surface area contributed by atoms with Crippen molar-refractivity contribution in [3.05, 3.63) is 89.3 Å². The summed E-state index contributed by atoms with van der Waals surface area (Å²) in [4.78, 5) is 22.5. The summed E-state index contributed by atoms with van der Waals surface area (Å²) in [7, 11) is 0. The highest BCUT2D eigenvalue weighted by molar-refractivity contribution is 5.77. The maximum absolute atomic E-state index is 13.8. The van der Waals surface area contributed by atoms with Gasteiger partial charge in [-0.1, -0.05) is 57.4 Å². The van der Waals surface area contributed by atoms with Crippen molar-refractivity contribution in [1.82, 2.24) is 19.4 Å². The molecular weight excluding hydrogens is 525 g/mol. The van der Waals surface area contributed by atoms with Crippen molar-refractivity contribution in [2.45, 2.75) is 71.4 Å². The molecule has 6 rings (SSSR count). The molecule has 3 aliphatic rings. The molecule has 2 aromatic carbocycles. The number of piperazine rings is 1. The molecule has 2 saturated carbocycles. The number of carbonyl (C=O) groups excluding carboxylic acids is 1. The van der Waals surface area contributed by atoms with Crippen LogP contribution in [0.25, 0.3) is 0 Å². The summed E-state index contributed by atoms with van der Waals surface area (Å²) in [6, 6.07) is 16.8. The fourth-order valence-corrected chi connectivity index (χ4v) is 7.61. The molecule has 2 aliphatic carbocycles. The van der Waals surface area contributed by atoms with Gasteiger partial charge in [-0.2, -0.15) is 5.26 Å². The van der Waals surface area contributed by atoms with Crippen LogP contribution in [0.3, 0.4) is 0 Å². The first kappa shape index (κ1) is 30.0. The minimum Gasteiger partial charge on any atom is -0.340 e. The highest BCUT2D eigenvalue weighted by Gasteiger charge is 2.39. The number of benzene rings is 2. The van der Waals surface area contributed by atoms with E-state index in [1.165, 1.54) is 38.5 Å². The number of fused-ring (bicyclic) bond motifs is 2. The Balaban J connectivity index is 0.00000353. The second-order valence-corrected chi connectivity index (χ2v) is 12.4. The van der Waals surface area contributed by atoms with Gasteiger partial charge in [0.05, 0.1) is 23.7 Å². The zero-order chi connectivity index (χ0) is 28.2. The van der Waals surface area contributed by atoms with Crippen molar-refractivity contribution in [3.63, 3.8) is 0 Å². The summed E-state index contributed by atoms with van der Waals surface area (Å²) in [6.45, 7) is 4.64. The minimum absolute atomic E-state index is 0. The summed E-state index contributed by atoms with van der Waals surface area (Å²) in [5, 5.41) is 9.05. The maximum Gasteiger partial charge on any atom is 0.223 e. The molecule has 2 bridgehead atoms. The summed E-state index contributed by atoms with van der Waals surface area (Å²) in [6.07, 6.45) is 12.0. The minimum atomic E-state index is -0.213. The first-order chi connectivity index (χ1) is 20.1. The van der Waals surface area contributed by atoms with Crippen LogP contribution in [0.1, 0.15) is 80.7 Å². The molecule has 7 heteroatoms. The molecule has 222 valence electrons. The second-order valence-electron chi connectivity index (χ2n) is 12.4.